The van der Waals surface area contributed by atoms with Crippen LogP contribution in [0, 0.1) is 0 Å². The molecule has 0 aliphatic carbocycles. The van der Waals surface area contributed by atoms with Crippen molar-refractivity contribution < 1.29 is 9.90 Å². The number of thiazole rings is 1. The summed E-state index contributed by atoms with van der Waals surface area (Å²) in [5, 5.41) is 13.1. The minimum Gasteiger partial charge on any atom is -0.507 e. The Bertz CT molecular complexity index is 700. The van der Waals surface area contributed by atoms with Gasteiger partial charge in [0, 0.05) is 37.8 Å². The fraction of sp³-hybridized carbons (Fsp3) is 0.444. The summed E-state index contributed by atoms with van der Waals surface area (Å²) in [6.45, 7) is 7.17. The van der Waals surface area contributed by atoms with Gasteiger partial charge in [0.05, 0.1) is 5.56 Å². The van der Waals surface area contributed by atoms with E-state index in [0.29, 0.717) is 24.6 Å². The summed E-state index contributed by atoms with van der Waals surface area (Å²) in [4.78, 5) is 21.3. The molecular formula is C18H23N3O2S. The van der Waals surface area contributed by atoms with Crippen LogP contribution in [0.1, 0.15) is 42.1 Å². The number of benzene rings is 1. The van der Waals surface area contributed by atoms with Gasteiger partial charge < -0.3 is 14.9 Å². The predicted octanol–water partition coefficient (Wildman–Crippen LogP) is 3.32. The van der Waals surface area contributed by atoms with Gasteiger partial charge in [-0.25, -0.2) is 4.98 Å². The Morgan fingerprint density at radius 3 is 2.79 bits per heavy atom. The van der Waals surface area contributed by atoms with Crippen LogP contribution in [0.25, 0.3) is 0 Å². The lowest BCUT2D eigenvalue weighted by molar-refractivity contribution is 0.0764. The minimum absolute atomic E-state index is 0.0606. The maximum absolute atomic E-state index is 12.9. The van der Waals surface area contributed by atoms with Crippen LogP contribution in [0.15, 0.2) is 29.8 Å². The molecule has 1 aliphatic rings. The highest BCUT2D eigenvalue weighted by Gasteiger charge is 2.23. The molecule has 128 valence electrons. The maximum Gasteiger partial charge on any atom is 0.257 e. The number of hydrogen-bond donors (Lipinski definition) is 1. The largest absolute Gasteiger partial charge is 0.507 e. The van der Waals surface area contributed by atoms with Gasteiger partial charge in [0.1, 0.15) is 5.75 Å². The van der Waals surface area contributed by atoms with Gasteiger partial charge in [0.25, 0.3) is 5.91 Å². The van der Waals surface area contributed by atoms with Gasteiger partial charge in [-0.15, -0.1) is 11.3 Å². The highest BCUT2D eigenvalue weighted by atomic mass is 32.1. The Kier molecular flexibility index (Phi) is 5.04. The van der Waals surface area contributed by atoms with Crippen molar-refractivity contribution in [1.82, 2.24) is 9.88 Å². The van der Waals surface area contributed by atoms with E-state index in [1.807, 2.05) is 28.6 Å². The first kappa shape index (κ1) is 16.8. The number of carbonyl (C=O) groups excluding carboxylic acids is 1. The number of anilines is 1. The van der Waals surface area contributed by atoms with Crippen LogP contribution < -0.4 is 4.90 Å². The average molecular weight is 345 g/mol. The second-order valence-electron chi connectivity index (χ2n) is 6.38. The van der Waals surface area contributed by atoms with Gasteiger partial charge >= 0.3 is 0 Å². The summed E-state index contributed by atoms with van der Waals surface area (Å²) in [6, 6.07) is 5.33. The van der Waals surface area contributed by atoms with Gasteiger partial charge in [-0.05, 0) is 30.0 Å². The summed E-state index contributed by atoms with van der Waals surface area (Å²) in [5.74, 6) is 0.295. The van der Waals surface area contributed by atoms with Crippen LogP contribution in [0.2, 0.25) is 0 Å². The van der Waals surface area contributed by atoms with Gasteiger partial charge in [-0.3, -0.25) is 4.79 Å². The predicted molar refractivity (Wildman–Crippen MR) is 97.0 cm³/mol. The molecule has 24 heavy (non-hydrogen) atoms. The van der Waals surface area contributed by atoms with Crippen molar-refractivity contribution in [2.75, 3.05) is 31.1 Å². The van der Waals surface area contributed by atoms with Crippen molar-refractivity contribution in [3.05, 3.63) is 40.9 Å². The zero-order valence-corrected chi connectivity index (χ0v) is 14.9. The number of nitrogens with zero attached hydrogens (tertiary/aromatic N) is 3. The number of hydrogen-bond acceptors (Lipinski definition) is 5. The molecule has 6 heteroatoms. The zero-order valence-electron chi connectivity index (χ0n) is 14.1. The number of phenols is 1. The van der Waals surface area contributed by atoms with Crippen LogP contribution in [-0.2, 0) is 0 Å². The highest BCUT2D eigenvalue weighted by Crippen LogP contribution is 2.25. The van der Waals surface area contributed by atoms with Crippen LogP contribution in [0.5, 0.6) is 5.75 Å². The minimum atomic E-state index is -0.0870. The molecule has 2 aromatic rings. The van der Waals surface area contributed by atoms with Crippen molar-refractivity contribution in [3.8, 4) is 5.75 Å². The van der Waals surface area contributed by atoms with E-state index < -0.39 is 0 Å². The molecule has 0 atom stereocenters. The number of aromatic hydroxyl groups is 1. The molecule has 0 saturated carbocycles. The van der Waals surface area contributed by atoms with Gasteiger partial charge in [0.15, 0.2) is 5.13 Å². The Hall–Kier alpha value is -2.08. The van der Waals surface area contributed by atoms with Gasteiger partial charge in [0.2, 0.25) is 0 Å². The molecule has 1 amide bonds. The molecule has 5 nitrogen and oxygen atoms in total. The van der Waals surface area contributed by atoms with Crippen LogP contribution in [0.3, 0.4) is 0 Å². The summed E-state index contributed by atoms with van der Waals surface area (Å²) in [6.07, 6.45) is 2.71. The topological polar surface area (TPSA) is 56.7 Å². The van der Waals surface area contributed by atoms with E-state index in [1.54, 1.807) is 17.4 Å². The van der Waals surface area contributed by atoms with E-state index in [4.69, 9.17) is 0 Å². The van der Waals surface area contributed by atoms with E-state index in [-0.39, 0.29) is 11.7 Å². The van der Waals surface area contributed by atoms with Crippen LogP contribution >= 0.6 is 11.3 Å². The van der Waals surface area contributed by atoms with E-state index in [9.17, 15) is 9.90 Å². The lowest BCUT2D eigenvalue weighted by Crippen LogP contribution is -2.35. The molecule has 2 heterocycles. The lowest BCUT2D eigenvalue weighted by Gasteiger charge is -2.22. The smallest absolute Gasteiger partial charge is 0.257 e. The van der Waals surface area contributed by atoms with E-state index >= 15 is 0 Å². The molecule has 0 spiro atoms. The fourth-order valence-corrected chi connectivity index (χ4v) is 3.64. The number of carbonyl (C=O) groups is 1. The SMILES string of the molecule is CC(C)c1ccc(O)c(C(=O)N2CCCN(c3nccs3)CC2)c1. The molecule has 1 aliphatic heterocycles. The van der Waals surface area contributed by atoms with Gasteiger partial charge in [-0.1, -0.05) is 19.9 Å². The number of rotatable bonds is 3. The van der Waals surface area contributed by atoms with Crippen molar-refractivity contribution >= 4 is 22.4 Å². The normalized spacial score (nSPS) is 15.6. The first-order valence-corrected chi connectivity index (χ1v) is 9.21. The molecule has 1 aromatic heterocycles. The summed E-state index contributed by atoms with van der Waals surface area (Å²) in [5.41, 5.74) is 1.47. The van der Waals surface area contributed by atoms with Crippen molar-refractivity contribution in [1.29, 1.82) is 0 Å². The summed E-state index contributed by atoms with van der Waals surface area (Å²) < 4.78 is 0. The van der Waals surface area contributed by atoms with Crippen molar-refractivity contribution in [2.45, 2.75) is 26.2 Å². The van der Waals surface area contributed by atoms with E-state index in [1.165, 1.54) is 0 Å². The quantitative estimate of drug-likeness (QED) is 0.927. The lowest BCUT2D eigenvalue weighted by atomic mass is 9.99. The van der Waals surface area contributed by atoms with Crippen LogP contribution in [0.4, 0.5) is 5.13 Å². The van der Waals surface area contributed by atoms with Gasteiger partial charge in [-0.2, -0.15) is 0 Å². The first-order chi connectivity index (χ1) is 11.6. The molecule has 3 rings (SSSR count). The second kappa shape index (κ2) is 7.21. The molecule has 0 bridgehead atoms. The Labute approximate surface area is 146 Å². The Morgan fingerprint density at radius 2 is 2.08 bits per heavy atom. The molecule has 0 unspecified atom stereocenters. The zero-order chi connectivity index (χ0) is 17.1. The molecular weight excluding hydrogens is 322 g/mol. The third kappa shape index (κ3) is 3.53. The number of phenolic OH excluding ortho intramolecular Hbond substituents is 1. The van der Waals surface area contributed by atoms with E-state index in [2.05, 4.69) is 23.7 Å². The molecule has 0 radical (unpaired) electrons. The number of amides is 1. The fourth-order valence-electron chi connectivity index (χ4n) is 2.94. The second-order valence-corrected chi connectivity index (χ2v) is 7.25. The van der Waals surface area contributed by atoms with Crippen LogP contribution in [-0.4, -0.2) is 47.1 Å². The monoisotopic (exact) mass is 345 g/mol. The summed E-state index contributed by atoms with van der Waals surface area (Å²) in [7, 11) is 0. The first-order valence-electron chi connectivity index (χ1n) is 8.33. The van der Waals surface area contributed by atoms with Crippen molar-refractivity contribution in [2.24, 2.45) is 0 Å². The molecule has 1 saturated heterocycles. The van der Waals surface area contributed by atoms with Crippen molar-refractivity contribution in [3.63, 3.8) is 0 Å². The molecule has 1 N–H and O–H groups in total. The van der Waals surface area contributed by atoms with E-state index in [0.717, 1.165) is 30.2 Å². The third-order valence-corrected chi connectivity index (χ3v) is 5.22. The molecule has 1 aromatic carbocycles. The Morgan fingerprint density at radius 1 is 1.25 bits per heavy atom. The highest BCUT2D eigenvalue weighted by molar-refractivity contribution is 7.13. The average Bonchev–Trinajstić information content (AvgIpc) is 2.99. The Balaban J connectivity index is 1.75. The maximum atomic E-state index is 12.9. The molecule has 1 fully saturated rings. The summed E-state index contributed by atoms with van der Waals surface area (Å²) >= 11 is 1.62. The number of aromatic nitrogens is 1. The third-order valence-electron chi connectivity index (χ3n) is 4.39. The standard InChI is InChI=1S/C18H23N3O2S/c1-13(2)14-4-5-16(22)15(12-14)17(23)20-7-3-8-21(10-9-20)18-19-6-11-24-18/h4-6,11-13,22H,3,7-10H2,1-2H3.